The summed E-state index contributed by atoms with van der Waals surface area (Å²) in [6, 6.07) is 4.37. The van der Waals surface area contributed by atoms with Crippen LogP contribution in [0.2, 0.25) is 0 Å². The Morgan fingerprint density at radius 1 is 1.00 bits per heavy atom. The Kier molecular flexibility index (Phi) is 9.63. The molecule has 0 heterocycles. The van der Waals surface area contributed by atoms with E-state index in [2.05, 4.69) is 93.8 Å². The lowest BCUT2D eigenvalue weighted by Gasteiger charge is -2.20. The molecule has 0 N–H and O–H groups in total. The van der Waals surface area contributed by atoms with E-state index in [0.717, 1.165) is 12.2 Å². The Morgan fingerprint density at radius 3 is 2.16 bits per heavy atom. The van der Waals surface area contributed by atoms with Crippen LogP contribution in [0.3, 0.4) is 0 Å². The summed E-state index contributed by atoms with van der Waals surface area (Å²) in [5.41, 5.74) is 0. The maximum absolute atomic E-state index is 6.24. The largest absolute Gasteiger partial charge is 0.488 e. The van der Waals surface area contributed by atoms with Crippen molar-refractivity contribution in [1.82, 2.24) is 0 Å². The molecule has 0 radical (unpaired) electrons. The first-order valence-corrected chi connectivity index (χ1v) is 10.1. The second kappa shape index (κ2) is 10.0. The van der Waals surface area contributed by atoms with Gasteiger partial charge in [-0.15, -0.1) is 0 Å². The van der Waals surface area contributed by atoms with Crippen LogP contribution >= 0.6 is 67.8 Å². The summed E-state index contributed by atoms with van der Waals surface area (Å²) in [5, 5.41) is 0. The number of rotatable bonds is 8. The summed E-state index contributed by atoms with van der Waals surface area (Å²) < 4.78 is 9.96. The third kappa shape index (κ3) is 6.67. The maximum atomic E-state index is 6.24. The van der Waals surface area contributed by atoms with E-state index in [1.807, 2.05) is 0 Å². The molecule has 0 saturated carbocycles. The van der Waals surface area contributed by atoms with E-state index >= 15 is 0 Å². The Bertz CT molecular complexity index is 370. The van der Waals surface area contributed by atoms with Crippen molar-refractivity contribution in [2.75, 3.05) is 0 Å². The molecule has 1 aromatic carbocycles. The number of hydrogen-bond donors (Lipinski definition) is 0. The Morgan fingerprint density at radius 2 is 1.63 bits per heavy atom. The lowest BCUT2D eigenvalue weighted by molar-refractivity contribution is 0.180. The summed E-state index contributed by atoms with van der Waals surface area (Å²) >= 11 is 7.11. The summed E-state index contributed by atoms with van der Waals surface area (Å²) in [7, 11) is 0. The fourth-order valence-electron chi connectivity index (χ4n) is 1.95. The molecule has 0 bridgehead atoms. The van der Waals surface area contributed by atoms with E-state index in [1.165, 1.54) is 42.8 Å². The summed E-state index contributed by atoms with van der Waals surface area (Å²) in [6.07, 6.45) is 7.87. The molecule has 1 unspecified atom stereocenters. The molecule has 1 rings (SSSR count). The van der Waals surface area contributed by atoms with Crippen LogP contribution in [-0.2, 0) is 0 Å². The second-order valence-electron chi connectivity index (χ2n) is 4.70. The summed E-state index contributed by atoms with van der Waals surface area (Å²) in [6.45, 7) is 4.47. The van der Waals surface area contributed by atoms with Crippen molar-refractivity contribution in [1.29, 1.82) is 0 Å². The highest BCUT2D eigenvalue weighted by Crippen LogP contribution is 2.31. The smallest absolute Gasteiger partial charge is 0.146 e. The molecule has 19 heavy (non-hydrogen) atoms. The van der Waals surface area contributed by atoms with Crippen LogP contribution in [0.1, 0.15) is 52.4 Å². The SMILES string of the molecule is CCCCCCC(CC)Oc1c(I)cc(I)cc1I. The lowest BCUT2D eigenvalue weighted by atomic mass is 10.1. The quantitative estimate of drug-likeness (QED) is 0.242. The molecule has 0 aliphatic rings. The van der Waals surface area contributed by atoms with Gasteiger partial charge in [-0.1, -0.05) is 33.1 Å². The molecule has 1 nitrogen and oxygen atoms in total. The van der Waals surface area contributed by atoms with E-state index < -0.39 is 0 Å². The first-order valence-electron chi connectivity index (χ1n) is 6.89. The molecule has 1 aromatic rings. The lowest BCUT2D eigenvalue weighted by Crippen LogP contribution is -2.16. The van der Waals surface area contributed by atoms with Gasteiger partial charge in [-0.2, -0.15) is 0 Å². The first kappa shape index (κ1) is 18.3. The standard InChI is InChI=1S/C15H21I3O/c1-3-5-6-7-8-12(4-2)19-15-13(17)9-11(16)10-14(15)18/h9-10,12H,3-8H2,1-2H3. The zero-order valence-corrected chi connectivity index (χ0v) is 18.0. The van der Waals surface area contributed by atoms with Crippen LogP contribution in [0, 0.1) is 10.7 Å². The molecule has 0 spiro atoms. The molecule has 108 valence electrons. The third-order valence-corrected chi connectivity index (χ3v) is 5.31. The van der Waals surface area contributed by atoms with Gasteiger partial charge in [-0.3, -0.25) is 0 Å². The topological polar surface area (TPSA) is 9.23 Å². The van der Waals surface area contributed by atoms with Crippen LogP contribution in [0.25, 0.3) is 0 Å². The minimum Gasteiger partial charge on any atom is -0.488 e. The number of hydrogen-bond acceptors (Lipinski definition) is 1. The van der Waals surface area contributed by atoms with Gasteiger partial charge in [-0.25, -0.2) is 0 Å². The molecule has 0 saturated heterocycles. The van der Waals surface area contributed by atoms with Crippen LogP contribution in [0.15, 0.2) is 12.1 Å². The van der Waals surface area contributed by atoms with E-state index in [1.54, 1.807) is 0 Å². The Hall–Kier alpha value is 1.21. The second-order valence-corrected chi connectivity index (χ2v) is 8.27. The zero-order chi connectivity index (χ0) is 14.3. The molecule has 0 fully saturated rings. The van der Waals surface area contributed by atoms with E-state index in [4.69, 9.17) is 4.74 Å². The summed E-state index contributed by atoms with van der Waals surface area (Å²) in [5.74, 6) is 1.07. The fraction of sp³-hybridized carbons (Fsp3) is 0.600. The fourth-order valence-corrected chi connectivity index (χ4v) is 5.79. The van der Waals surface area contributed by atoms with E-state index in [9.17, 15) is 0 Å². The van der Waals surface area contributed by atoms with Crippen molar-refractivity contribution in [3.8, 4) is 5.75 Å². The Balaban J connectivity index is 2.60. The van der Waals surface area contributed by atoms with Gasteiger partial charge in [0, 0.05) is 3.57 Å². The van der Waals surface area contributed by atoms with Crippen molar-refractivity contribution in [3.05, 3.63) is 22.8 Å². The van der Waals surface area contributed by atoms with Crippen LogP contribution < -0.4 is 4.74 Å². The van der Waals surface area contributed by atoms with Crippen LogP contribution in [0.4, 0.5) is 0 Å². The number of unbranched alkanes of at least 4 members (excludes halogenated alkanes) is 3. The molecule has 0 amide bonds. The highest BCUT2D eigenvalue weighted by atomic mass is 127. The van der Waals surface area contributed by atoms with E-state index in [0.29, 0.717) is 6.10 Å². The van der Waals surface area contributed by atoms with Gasteiger partial charge in [0.15, 0.2) is 0 Å². The highest BCUT2D eigenvalue weighted by molar-refractivity contribution is 14.1. The zero-order valence-electron chi connectivity index (χ0n) is 11.5. The molecular weight excluding hydrogens is 577 g/mol. The highest BCUT2D eigenvalue weighted by Gasteiger charge is 2.13. The molecule has 0 aliphatic heterocycles. The van der Waals surface area contributed by atoms with Gasteiger partial charge in [0.1, 0.15) is 5.75 Å². The third-order valence-electron chi connectivity index (χ3n) is 3.08. The summed E-state index contributed by atoms with van der Waals surface area (Å²) in [4.78, 5) is 0. The molecular formula is C15H21I3O. The Labute approximate surface area is 158 Å². The normalized spacial score (nSPS) is 12.5. The van der Waals surface area contributed by atoms with Crippen molar-refractivity contribution >= 4 is 67.8 Å². The maximum Gasteiger partial charge on any atom is 0.146 e. The predicted molar refractivity (Wildman–Crippen MR) is 108 cm³/mol. The van der Waals surface area contributed by atoms with Crippen molar-refractivity contribution < 1.29 is 4.74 Å². The van der Waals surface area contributed by atoms with Crippen LogP contribution in [-0.4, -0.2) is 6.10 Å². The number of benzene rings is 1. The van der Waals surface area contributed by atoms with Crippen molar-refractivity contribution in [3.63, 3.8) is 0 Å². The van der Waals surface area contributed by atoms with Crippen molar-refractivity contribution in [2.45, 2.75) is 58.5 Å². The predicted octanol–water partition coefficient (Wildman–Crippen LogP) is 6.63. The molecule has 1 atom stereocenters. The average Bonchev–Trinajstić information content (AvgIpc) is 2.36. The number of halogens is 3. The van der Waals surface area contributed by atoms with Gasteiger partial charge in [-0.05, 0) is 99.2 Å². The van der Waals surface area contributed by atoms with Gasteiger partial charge < -0.3 is 4.74 Å². The molecule has 0 aromatic heterocycles. The minimum absolute atomic E-state index is 0.360. The van der Waals surface area contributed by atoms with Gasteiger partial charge in [0.05, 0.1) is 13.2 Å². The first-order chi connectivity index (χ1) is 9.08. The monoisotopic (exact) mass is 598 g/mol. The van der Waals surface area contributed by atoms with Gasteiger partial charge in [0.25, 0.3) is 0 Å². The van der Waals surface area contributed by atoms with Crippen LogP contribution in [0.5, 0.6) is 5.75 Å². The average molecular weight is 598 g/mol. The van der Waals surface area contributed by atoms with Gasteiger partial charge in [0.2, 0.25) is 0 Å². The van der Waals surface area contributed by atoms with Gasteiger partial charge >= 0.3 is 0 Å². The molecule has 4 heteroatoms. The minimum atomic E-state index is 0.360. The molecule has 0 aliphatic carbocycles. The van der Waals surface area contributed by atoms with Crippen molar-refractivity contribution in [2.24, 2.45) is 0 Å². The number of ether oxygens (including phenoxy) is 1. The van der Waals surface area contributed by atoms with E-state index in [-0.39, 0.29) is 0 Å².